The molecule has 0 bridgehead atoms. The van der Waals surface area contributed by atoms with E-state index in [2.05, 4.69) is 18.7 Å². The van der Waals surface area contributed by atoms with E-state index in [0.717, 1.165) is 6.04 Å². The molecule has 0 radical (unpaired) electrons. The van der Waals surface area contributed by atoms with Gasteiger partial charge in [0.15, 0.2) is 0 Å². The third-order valence-corrected chi connectivity index (χ3v) is 2.67. The van der Waals surface area contributed by atoms with Gasteiger partial charge in [-0.05, 0) is 67.5 Å². The number of hydrogen-bond donors (Lipinski definition) is 0. The van der Waals surface area contributed by atoms with Gasteiger partial charge in [-0.1, -0.05) is 0 Å². The van der Waals surface area contributed by atoms with Crippen LogP contribution >= 0.6 is 0 Å². The predicted octanol–water partition coefficient (Wildman–Crippen LogP) is 3.28. The molecule has 0 aromatic rings. The summed E-state index contributed by atoms with van der Waals surface area (Å²) in [6.45, 7) is 15.6. The Hall–Kier alpha value is -0.120. The van der Waals surface area contributed by atoms with E-state index in [-0.39, 0.29) is 12.2 Å². The molecule has 0 unspecified atom stereocenters. The van der Waals surface area contributed by atoms with Crippen LogP contribution in [0.25, 0.3) is 0 Å². The number of ether oxygens (including phenoxy) is 2. The summed E-state index contributed by atoms with van der Waals surface area (Å²) >= 11 is 0. The molecule has 0 amide bonds. The Balaban J connectivity index is 0.000000302. The fraction of sp³-hybridized carbons (Fsp3) is 1.00. The first kappa shape index (κ1) is 16.9. The Morgan fingerprint density at radius 2 is 1.24 bits per heavy atom. The van der Waals surface area contributed by atoms with E-state index in [1.807, 2.05) is 27.7 Å². The van der Waals surface area contributed by atoms with Crippen molar-refractivity contribution in [3.8, 4) is 0 Å². The third kappa shape index (κ3) is 10.7. The molecule has 1 heterocycles. The fourth-order valence-corrected chi connectivity index (χ4v) is 1.57. The van der Waals surface area contributed by atoms with Gasteiger partial charge in [0.05, 0.1) is 12.2 Å². The first-order valence-corrected chi connectivity index (χ1v) is 6.90. The highest BCUT2D eigenvalue weighted by molar-refractivity contribution is 4.68. The molecule has 1 fully saturated rings. The normalized spacial score (nSPS) is 16.8. The molecule has 1 aliphatic rings. The van der Waals surface area contributed by atoms with Crippen LogP contribution in [-0.4, -0.2) is 43.0 Å². The molecule has 0 spiro atoms. The van der Waals surface area contributed by atoms with Crippen LogP contribution in [0.2, 0.25) is 0 Å². The van der Waals surface area contributed by atoms with Crippen molar-refractivity contribution in [2.75, 3.05) is 19.9 Å². The number of nitrogens with zero attached hydrogens (tertiary/aromatic N) is 1. The molecule has 0 atom stereocenters. The summed E-state index contributed by atoms with van der Waals surface area (Å²) in [4.78, 5) is 2.53. The SMILES string of the molecule is CC(C)N1CCCC1.CC(C)OCOC(C)C. The Morgan fingerprint density at radius 1 is 0.824 bits per heavy atom. The summed E-state index contributed by atoms with van der Waals surface area (Å²) in [6, 6.07) is 0.775. The molecular formula is C14H31NO2. The monoisotopic (exact) mass is 245 g/mol. The van der Waals surface area contributed by atoms with E-state index in [9.17, 15) is 0 Å². The highest BCUT2D eigenvalue weighted by Gasteiger charge is 2.13. The maximum absolute atomic E-state index is 5.13. The van der Waals surface area contributed by atoms with Gasteiger partial charge in [0.2, 0.25) is 0 Å². The third-order valence-electron chi connectivity index (χ3n) is 2.67. The molecule has 3 heteroatoms. The van der Waals surface area contributed by atoms with Crippen LogP contribution in [0, 0.1) is 0 Å². The van der Waals surface area contributed by atoms with Gasteiger partial charge < -0.3 is 14.4 Å². The van der Waals surface area contributed by atoms with Crippen LogP contribution in [0.4, 0.5) is 0 Å². The topological polar surface area (TPSA) is 21.7 Å². The van der Waals surface area contributed by atoms with E-state index in [4.69, 9.17) is 9.47 Å². The van der Waals surface area contributed by atoms with E-state index in [0.29, 0.717) is 6.79 Å². The zero-order valence-corrected chi connectivity index (χ0v) is 12.5. The van der Waals surface area contributed by atoms with E-state index >= 15 is 0 Å². The average Bonchev–Trinajstić information content (AvgIpc) is 2.69. The molecular weight excluding hydrogens is 214 g/mol. The van der Waals surface area contributed by atoms with Gasteiger partial charge in [-0.25, -0.2) is 0 Å². The molecule has 3 nitrogen and oxygen atoms in total. The van der Waals surface area contributed by atoms with Crippen molar-refractivity contribution in [2.24, 2.45) is 0 Å². The van der Waals surface area contributed by atoms with Crippen LogP contribution in [0.1, 0.15) is 54.4 Å². The molecule has 0 aromatic carbocycles. The van der Waals surface area contributed by atoms with Crippen molar-refractivity contribution in [1.29, 1.82) is 0 Å². The zero-order valence-electron chi connectivity index (χ0n) is 12.5. The summed E-state index contributed by atoms with van der Waals surface area (Å²) in [5.41, 5.74) is 0. The second kappa shape index (κ2) is 9.86. The number of hydrogen-bond acceptors (Lipinski definition) is 3. The number of likely N-dealkylation sites (tertiary alicyclic amines) is 1. The predicted molar refractivity (Wildman–Crippen MR) is 73.3 cm³/mol. The van der Waals surface area contributed by atoms with Crippen LogP contribution in [0.3, 0.4) is 0 Å². The van der Waals surface area contributed by atoms with Gasteiger partial charge >= 0.3 is 0 Å². The standard InChI is InChI=1S/C7H15N.C7H16O2/c1-7(2)8-5-3-4-6-8;1-6(2)8-5-9-7(3)4/h7H,3-6H2,1-2H3;6-7H,5H2,1-4H3. The van der Waals surface area contributed by atoms with E-state index < -0.39 is 0 Å². The quantitative estimate of drug-likeness (QED) is 0.694. The Morgan fingerprint density at radius 3 is 1.47 bits per heavy atom. The largest absolute Gasteiger partial charge is 0.353 e. The lowest BCUT2D eigenvalue weighted by atomic mass is 10.3. The summed E-state index contributed by atoms with van der Waals surface area (Å²) in [7, 11) is 0. The van der Waals surface area contributed by atoms with Crippen LogP contribution in [-0.2, 0) is 9.47 Å². The lowest BCUT2D eigenvalue weighted by Crippen LogP contribution is -2.26. The smallest absolute Gasteiger partial charge is 0.147 e. The molecule has 1 rings (SSSR count). The van der Waals surface area contributed by atoms with Gasteiger partial charge in [0.1, 0.15) is 6.79 Å². The van der Waals surface area contributed by atoms with Crippen LogP contribution in [0.15, 0.2) is 0 Å². The van der Waals surface area contributed by atoms with Crippen molar-refractivity contribution in [1.82, 2.24) is 4.90 Å². The summed E-state index contributed by atoms with van der Waals surface area (Å²) in [5.74, 6) is 0. The maximum Gasteiger partial charge on any atom is 0.147 e. The summed E-state index contributed by atoms with van der Waals surface area (Å²) in [5, 5.41) is 0. The second-order valence-electron chi connectivity index (χ2n) is 5.39. The fourth-order valence-electron chi connectivity index (χ4n) is 1.57. The van der Waals surface area contributed by atoms with Gasteiger partial charge in [-0.15, -0.1) is 0 Å². The zero-order chi connectivity index (χ0) is 13.3. The van der Waals surface area contributed by atoms with Gasteiger partial charge in [-0.2, -0.15) is 0 Å². The summed E-state index contributed by atoms with van der Waals surface area (Å²) in [6.07, 6.45) is 3.36. The molecule has 1 aliphatic heterocycles. The highest BCUT2D eigenvalue weighted by atomic mass is 16.7. The Labute approximate surface area is 107 Å². The minimum absolute atomic E-state index is 0.267. The molecule has 0 aliphatic carbocycles. The Kier molecular flexibility index (Phi) is 9.79. The van der Waals surface area contributed by atoms with Gasteiger partial charge in [0.25, 0.3) is 0 Å². The van der Waals surface area contributed by atoms with Crippen LogP contribution in [0.5, 0.6) is 0 Å². The second-order valence-corrected chi connectivity index (χ2v) is 5.39. The molecule has 1 saturated heterocycles. The van der Waals surface area contributed by atoms with Crippen molar-refractivity contribution >= 4 is 0 Å². The molecule has 104 valence electrons. The van der Waals surface area contributed by atoms with Crippen molar-refractivity contribution < 1.29 is 9.47 Å². The number of rotatable bonds is 5. The average molecular weight is 245 g/mol. The molecule has 0 saturated carbocycles. The Bertz CT molecular complexity index is 156. The van der Waals surface area contributed by atoms with Crippen molar-refractivity contribution in [2.45, 2.75) is 72.6 Å². The van der Waals surface area contributed by atoms with E-state index in [1.165, 1.54) is 25.9 Å². The molecule has 17 heavy (non-hydrogen) atoms. The lowest BCUT2D eigenvalue weighted by molar-refractivity contribution is -0.0994. The van der Waals surface area contributed by atoms with Crippen molar-refractivity contribution in [3.63, 3.8) is 0 Å². The first-order valence-electron chi connectivity index (χ1n) is 6.90. The lowest BCUT2D eigenvalue weighted by Gasteiger charge is -2.18. The molecule has 0 N–H and O–H groups in total. The first-order chi connectivity index (χ1) is 7.93. The molecule has 0 aromatic heterocycles. The summed E-state index contributed by atoms with van der Waals surface area (Å²) < 4.78 is 10.3. The minimum atomic E-state index is 0.267. The van der Waals surface area contributed by atoms with Gasteiger partial charge in [0, 0.05) is 6.04 Å². The van der Waals surface area contributed by atoms with Crippen molar-refractivity contribution in [3.05, 3.63) is 0 Å². The highest BCUT2D eigenvalue weighted by Crippen LogP contribution is 2.09. The minimum Gasteiger partial charge on any atom is -0.353 e. The van der Waals surface area contributed by atoms with Crippen LogP contribution < -0.4 is 0 Å². The van der Waals surface area contributed by atoms with Gasteiger partial charge in [-0.3, -0.25) is 0 Å². The maximum atomic E-state index is 5.13. The van der Waals surface area contributed by atoms with E-state index in [1.54, 1.807) is 0 Å².